The molecule has 0 aliphatic rings. The Morgan fingerprint density at radius 2 is 1.96 bits per heavy atom. The van der Waals surface area contributed by atoms with E-state index in [1.54, 1.807) is 12.1 Å². The number of rotatable bonds is 6. The average Bonchev–Trinajstić information content (AvgIpc) is 2.55. The molecule has 7 nitrogen and oxygen atoms in total. The fourth-order valence-electron chi connectivity index (χ4n) is 2.03. The second-order valence-electron chi connectivity index (χ2n) is 4.68. The maximum atomic E-state index is 12.4. The first kappa shape index (κ1) is 17.7. The molecule has 0 radical (unpaired) electrons. The first-order valence-corrected chi connectivity index (χ1v) is 7.81. The van der Waals surface area contributed by atoms with Crippen LogP contribution in [0.3, 0.4) is 0 Å². The number of nitrogens with zero attached hydrogens (tertiary/aromatic N) is 1. The number of amides is 1. The van der Waals surface area contributed by atoms with Gasteiger partial charge in [0.25, 0.3) is 11.6 Å². The Balaban J connectivity index is 2.24. The molecule has 0 heterocycles. The number of nitro groups is 1. The number of carbonyl (C=O) groups is 1. The molecule has 0 aliphatic heterocycles. The van der Waals surface area contributed by atoms with E-state index in [1.165, 1.54) is 31.4 Å². The fourth-order valence-corrected chi connectivity index (χ4v) is 2.63. The van der Waals surface area contributed by atoms with Crippen molar-refractivity contribution in [3.8, 4) is 11.5 Å². The molecule has 2 rings (SSSR count). The van der Waals surface area contributed by atoms with Gasteiger partial charge in [0.05, 0.1) is 23.1 Å². The maximum Gasteiger partial charge on any atom is 0.269 e. The molecule has 0 aliphatic carbocycles. The van der Waals surface area contributed by atoms with Crippen LogP contribution in [0.1, 0.15) is 17.3 Å². The lowest BCUT2D eigenvalue weighted by Crippen LogP contribution is -2.12. The van der Waals surface area contributed by atoms with Gasteiger partial charge in [-0.05, 0) is 47.1 Å². The third kappa shape index (κ3) is 4.02. The summed E-state index contributed by atoms with van der Waals surface area (Å²) in [4.78, 5) is 22.5. The molecule has 0 unspecified atom stereocenters. The quantitative estimate of drug-likeness (QED) is 0.590. The highest BCUT2D eigenvalue weighted by molar-refractivity contribution is 9.10. The molecule has 0 bridgehead atoms. The van der Waals surface area contributed by atoms with Crippen LogP contribution < -0.4 is 14.8 Å². The van der Waals surface area contributed by atoms with Gasteiger partial charge in [-0.3, -0.25) is 14.9 Å². The Kier molecular flexibility index (Phi) is 5.75. The largest absolute Gasteiger partial charge is 0.492 e. The smallest absolute Gasteiger partial charge is 0.269 e. The molecule has 126 valence electrons. The molecule has 24 heavy (non-hydrogen) atoms. The van der Waals surface area contributed by atoms with Gasteiger partial charge < -0.3 is 14.8 Å². The molecule has 0 aromatic heterocycles. The Labute approximate surface area is 146 Å². The van der Waals surface area contributed by atoms with E-state index in [4.69, 9.17) is 9.47 Å². The summed E-state index contributed by atoms with van der Waals surface area (Å²) in [5, 5.41) is 13.3. The number of non-ortho nitro benzene ring substituents is 1. The van der Waals surface area contributed by atoms with E-state index in [2.05, 4.69) is 21.2 Å². The van der Waals surface area contributed by atoms with Crippen LogP contribution in [0.25, 0.3) is 0 Å². The van der Waals surface area contributed by atoms with E-state index in [0.717, 1.165) is 0 Å². The van der Waals surface area contributed by atoms with Crippen LogP contribution in [0, 0.1) is 10.1 Å². The highest BCUT2D eigenvalue weighted by Gasteiger charge is 2.16. The van der Waals surface area contributed by atoms with Gasteiger partial charge in [0.15, 0.2) is 11.5 Å². The van der Waals surface area contributed by atoms with E-state index in [1.807, 2.05) is 6.92 Å². The number of hydrogen-bond acceptors (Lipinski definition) is 5. The molecule has 1 N–H and O–H groups in total. The summed E-state index contributed by atoms with van der Waals surface area (Å²) >= 11 is 3.35. The lowest BCUT2D eigenvalue weighted by atomic mass is 10.1. The lowest BCUT2D eigenvalue weighted by Gasteiger charge is -2.13. The third-order valence-electron chi connectivity index (χ3n) is 3.11. The standard InChI is InChI=1S/C16H15BrN2O5/c1-3-24-14-9-10(8-13(17)15(14)23-2)16(20)18-11-4-6-12(7-5-11)19(21)22/h4-9H,3H2,1-2H3,(H,18,20). The summed E-state index contributed by atoms with van der Waals surface area (Å²) < 4.78 is 11.3. The van der Waals surface area contributed by atoms with Gasteiger partial charge in [-0.1, -0.05) is 0 Å². The monoisotopic (exact) mass is 394 g/mol. The lowest BCUT2D eigenvalue weighted by molar-refractivity contribution is -0.384. The number of carbonyl (C=O) groups excluding carboxylic acids is 1. The van der Waals surface area contributed by atoms with Crippen LogP contribution in [-0.4, -0.2) is 24.5 Å². The second-order valence-corrected chi connectivity index (χ2v) is 5.53. The van der Waals surface area contributed by atoms with Crippen LogP contribution >= 0.6 is 15.9 Å². The fraction of sp³-hybridized carbons (Fsp3) is 0.188. The van der Waals surface area contributed by atoms with Crippen molar-refractivity contribution in [2.24, 2.45) is 0 Å². The van der Waals surface area contributed by atoms with Crippen molar-refractivity contribution in [3.63, 3.8) is 0 Å². The van der Waals surface area contributed by atoms with Crippen LogP contribution in [0.5, 0.6) is 11.5 Å². The number of methoxy groups -OCH3 is 1. The van der Waals surface area contributed by atoms with Crippen molar-refractivity contribution < 1.29 is 19.2 Å². The Hall–Kier alpha value is -2.61. The summed E-state index contributed by atoms with van der Waals surface area (Å²) in [6.45, 7) is 2.26. The molecule has 0 saturated carbocycles. The molecule has 0 saturated heterocycles. The van der Waals surface area contributed by atoms with E-state index in [-0.39, 0.29) is 11.6 Å². The molecule has 0 spiro atoms. The molecular weight excluding hydrogens is 380 g/mol. The van der Waals surface area contributed by atoms with E-state index < -0.39 is 4.92 Å². The highest BCUT2D eigenvalue weighted by Crippen LogP contribution is 2.36. The Morgan fingerprint density at radius 1 is 1.29 bits per heavy atom. The second kappa shape index (κ2) is 7.78. The highest BCUT2D eigenvalue weighted by atomic mass is 79.9. The van der Waals surface area contributed by atoms with E-state index in [9.17, 15) is 14.9 Å². The molecule has 8 heteroatoms. The number of hydrogen-bond donors (Lipinski definition) is 1. The SMILES string of the molecule is CCOc1cc(C(=O)Nc2ccc([N+](=O)[O-])cc2)cc(Br)c1OC. The van der Waals surface area contributed by atoms with Crippen molar-refractivity contribution in [1.29, 1.82) is 0 Å². The van der Waals surface area contributed by atoms with Crippen molar-refractivity contribution in [3.05, 3.63) is 56.5 Å². The minimum atomic E-state index is -0.499. The first-order chi connectivity index (χ1) is 11.5. The summed E-state index contributed by atoms with van der Waals surface area (Å²) in [6.07, 6.45) is 0. The number of nitro benzene ring substituents is 1. The summed E-state index contributed by atoms with van der Waals surface area (Å²) in [5.41, 5.74) is 0.777. The van der Waals surface area contributed by atoms with Crippen molar-refractivity contribution in [1.82, 2.24) is 0 Å². The van der Waals surface area contributed by atoms with Gasteiger partial charge >= 0.3 is 0 Å². The summed E-state index contributed by atoms with van der Waals surface area (Å²) in [6, 6.07) is 8.78. The Morgan fingerprint density at radius 3 is 2.50 bits per heavy atom. The van der Waals surface area contributed by atoms with Crippen molar-refractivity contribution >= 4 is 33.2 Å². The Bertz CT molecular complexity index is 762. The minimum Gasteiger partial charge on any atom is -0.492 e. The van der Waals surface area contributed by atoms with E-state index >= 15 is 0 Å². The summed E-state index contributed by atoms with van der Waals surface area (Å²) in [7, 11) is 1.51. The topological polar surface area (TPSA) is 90.7 Å². The van der Waals surface area contributed by atoms with Crippen LogP contribution in [0.4, 0.5) is 11.4 Å². The molecule has 2 aromatic rings. The molecule has 0 atom stereocenters. The van der Waals surface area contributed by atoms with Crippen LogP contribution in [0.2, 0.25) is 0 Å². The van der Waals surface area contributed by atoms with Gasteiger partial charge in [-0.15, -0.1) is 0 Å². The maximum absolute atomic E-state index is 12.4. The van der Waals surface area contributed by atoms with Gasteiger partial charge in [0.1, 0.15) is 0 Å². The van der Waals surface area contributed by atoms with E-state index in [0.29, 0.717) is 33.8 Å². The van der Waals surface area contributed by atoms with Crippen molar-refractivity contribution in [2.45, 2.75) is 6.92 Å². The molecule has 0 fully saturated rings. The minimum absolute atomic E-state index is 0.0428. The number of nitrogens with one attached hydrogen (secondary N) is 1. The predicted octanol–water partition coefficient (Wildman–Crippen LogP) is 4.02. The molecule has 2 aromatic carbocycles. The third-order valence-corrected chi connectivity index (χ3v) is 3.70. The number of anilines is 1. The normalized spacial score (nSPS) is 10.1. The predicted molar refractivity (Wildman–Crippen MR) is 92.9 cm³/mol. The zero-order valence-electron chi connectivity index (χ0n) is 13.0. The van der Waals surface area contributed by atoms with Crippen LogP contribution in [-0.2, 0) is 0 Å². The molecular formula is C16H15BrN2O5. The first-order valence-electron chi connectivity index (χ1n) is 7.02. The summed E-state index contributed by atoms with van der Waals surface area (Å²) in [5.74, 6) is 0.583. The zero-order chi connectivity index (χ0) is 17.7. The number of ether oxygens (including phenoxy) is 2. The van der Waals surface area contributed by atoms with Gasteiger partial charge in [0.2, 0.25) is 0 Å². The zero-order valence-corrected chi connectivity index (χ0v) is 14.6. The van der Waals surface area contributed by atoms with Gasteiger partial charge in [-0.25, -0.2) is 0 Å². The van der Waals surface area contributed by atoms with Gasteiger partial charge in [-0.2, -0.15) is 0 Å². The molecule has 1 amide bonds. The number of halogens is 1. The van der Waals surface area contributed by atoms with Crippen molar-refractivity contribution in [2.75, 3.05) is 19.0 Å². The average molecular weight is 395 g/mol. The van der Waals surface area contributed by atoms with Crippen LogP contribution in [0.15, 0.2) is 40.9 Å². The van der Waals surface area contributed by atoms with Gasteiger partial charge in [0, 0.05) is 23.4 Å². The number of benzene rings is 2.